The SMILES string of the molecule is CNC(=O)c1ccc(N(C(=S)Nc2ccc(C#N)c(C(F)(F)F)c2)C2(C(=O)O)CC2)cc1F. The minimum atomic E-state index is -4.80. The summed E-state index contributed by atoms with van der Waals surface area (Å²) in [5.74, 6) is -2.88. The van der Waals surface area contributed by atoms with Gasteiger partial charge in [-0.25, -0.2) is 9.18 Å². The Morgan fingerprint density at radius 3 is 2.36 bits per heavy atom. The Bertz CT molecular complexity index is 1190. The Hall–Kier alpha value is -3.72. The van der Waals surface area contributed by atoms with E-state index in [4.69, 9.17) is 17.5 Å². The van der Waals surface area contributed by atoms with Crippen LogP contribution in [0.1, 0.15) is 34.3 Å². The summed E-state index contributed by atoms with van der Waals surface area (Å²) in [6.07, 6.45) is -4.49. The van der Waals surface area contributed by atoms with Gasteiger partial charge in [0.25, 0.3) is 5.91 Å². The lowest BCUT2D eigenvalue weighted by Crippen LogP contribution is -2.49. The van der Waals surface area contributed by atoms with Crippen LogP contribution < -0.4 is 15.5 Å². The number of amides is 1. The van der Waals surface area contributed by atoms with Gasteiger partial charge in [-0.3, -0.25) is 4.79 Å². The molecule has 0 saturated heterocycles. The van der Waals surface area contributed by atoms with E-state index in [2.05, 4.69) is 10.6 Å². The number of nitrogens with one attached hydrogen (secondary N) is 2. The average Bonchev–Trinajstić information content (AvgIpc) is 3.54. The van der Waals surface area contributed by atoms with Crippen LogP contribution in [0.2, 0.25) is 0 Å². The lowest BCUT2D eigenvalue weighted by molar-refractivity contribution is -0.139. The number of halogens is 4. The van der Waals surface area contributed by atoms with Crippen LogP contribution in [0.15, 0.2) is 36.4 Å². The third kappa shape index (κ3) is 4.58. The monoisotopic (exact) mass is 480 g/mol. The molecule has 0 atom stereocenters. The zero-order valence-corrected chi connectivity index (χ0v) is 17.8. The minimum absolute atomic E-state index is 0.00208. The molecule has 0 aromatic heterocycles. The fourth-order valence-corrected chi connectivity index (χ4v) is 3.70. The van der Waals surface area contributed by atoms with E-state index in [1.807, 2.05) is 0 Å². The first-order valence-corrected chi connectivity index (χ1v) is 9.83. The highest BCUT2D eigenvalue weighted by Crippen LogP contribution is 2.45. The van der Waals surface area contributed by atoms with Crippen LogP contribution in [0, 0.1) is 17.1 Å². The van der Waals surface area contributed by atoms with Crippen LogP contribution in [-0.2, 0) is 11.0 Å². The van der Waals surface area contributed by atoms with E-state index < -0.39 is 40.5 Å². The number of nitriles is 1. The number of carboxylic acids is 1. The van der Waals surface area contributed by atoms with Crippen LogP contribution >= 0.6 is 12.2 Å². The number of carbonyl (C=O) groups is 2. The summed E-state index contributed by atoms with van der Waals surface area (Å²) in [5.41, 5.74) is -3.72. The van der Waals surface area contributed by atoms with Gasteiger partial charge in [0, 0.05) is 18.4 Å². The van der Waals surface area contributed by atoms with Crippen LogP contribution in [0.25, 0.3) is 0 Å². The summed E-state index contributed by atoms with van der Waals surface area (Å²) in [6.45, 7) is 0. The maximum Gasteiger partial charge on any atom is 0.417 e. The number of alkyl halides is 3. The number of carboxylic acid groups (broad SMARTS) is 1. The van der Waals surface area contributed by atoms with E-state index in [1.54, 1.807) is 0 Å². The van der Waals surface area contributed by atoms with Gasteiger partial charge in [0.05, 0.1) is 22.8 Å². The molecular formula is C21H16F4N4O3S. The summed E-state index contributed by atoms with van der Waals surface area (Å²) in [5, 5.41) is 23.2. The third-order valence-corrected chi connectivity index (χ3v) is 5.42. The van der Waals surface area contributed by atoms with E-state index in [0.29, 0.717) is 6.07 Å². The molecule has 33 heavy (non-hydrogen) atoms. The summed E-state index contributed by atoms with van der Waals surface area (Å²) in [7, 11) is 1.32. The second-order valence-electron chi connectivity index (χ2n) is 7.22. The molecule has 0 unspecified atom stereocenters. The van der Waals surface area contributed by atoms with Crippen molar-refractivity contribution in [3.8, 4) is 6.07 Å². The number of anilines is 2. The van der Waals surface area contributed by atoms with E-state index in [1.165, 1.54) is 25.2 Å². The number of thiocarbonyl (C=S) groups is 1. The predicted molar refractivity (Wildman–Crippen MR) is 114 cm³/mol. The van der Waals surface area contributed by atoms with Crippen molar-refractivity contribution in [3.05, 3.63) is 58.9 Å². The molecule has 3 rings (SSSR count). The first-order chi connectivity index (χ1) is 15.4. The Kier molecular flexibility index (Phi) is 6.29. The smallest absolute Gasteiger partial charge is 0.417 e. The van der Waals surface area contributed by atoms with Gasteiger partial charge < -0.3 is 20.6 Å². The molecule has 1 fully saturated rings. The van der Waals surface area contributed by atoms with Gasteiger partial charge in [-0.05, 0) is 61.5 Å². The highest BCUT2D eigenvalue weighted by molar-refractivity contribution is 7.80. The van der Waals surface area contributed by atoms with E-state index in [0.717, 1.165) is 23.1 Å². The normalized spacial score (nSPS) is 14.1. The van der Waals surface area contributed by atoms with Crippen molar-refractivity contribution in [3.63, 3.8) is 0 Å². The summed E-state index contributed by atoms with van der Waals surface area (Å²) in [4.78, 5) is 24.8. The summed E-state index contributed by atoms with van der Waals surface area (Å²) >= 11 is 5.30. The molecule has 0 aliphatic heterocycles. The molecule has 172 valence electrons. The Morgan fingerprint density at radius 2 is 1.88 bits per heavy atom. The second-order valence-corrected chi connectivity index (χ2v) is 7.60. The van der Waals surface area contributed by atoms with Gasteiger partial charge in [0.15, 0.2) is 5.11 Å². The molecule has 1 aliphatic rings. The van der Waals surface area contributed by atoms with Gasteiger partial charge in [0.1, 0.15) is 11.4 Å². The van der Waals surface area contributed by atoms with Crippen molar-refractivity contribution in [2.75, 3.05) is 17.3 Å². The van der Waals surface area contributed by atoms with E-state index in [-0.39, 0.29) is 34.9 Å². The molecule has 2 aromatic rings. The van der Waals surface area contributed by atoms with Crippen molar-refractivity contribution in [1.29, 1.82) is 5.26 Å². The van der Waals surface area contributed by atoms with Crippen LogP contribution in [0.3, 0.4) is 0 Å². The molecule has 1 saturated carbocycles. The van der Waals surface area contributed by atoms with Crippen molar-refractivity contribution in [1.82, 2.24) is 5.32 Å². The second kappa shape index (κ2) is 8.67. The molecule has 0 radical (unpaired) electrons. The topological polar surface area (TPSA) is 105 Å². The van der Waals surface area contributed by atoms with Crippen molar-refractivity contribution >= 4 is 40.6 Å². The molecule has 0 spiro atoms. The third-order valence-electron chi connectivity index (χ3n) is 5.13. The van der Waals surface area contributed by atoms with Crippen LogP contribution in [-0.4, -0.2) is 34.7 Å². The molecule has 0 bridgehead atoms. The number of carbonyl (C=O) groups excluding carboxylic acids is 1. The van der Waals surface area contributed by atoms with Gasteiger partial charge in [-0.1, -0.05) is 0 Å². The Morgan fingerprint density at radius 1 is 1.21 bits per heavy atom. The van der Waals surface area contributed by atoms with E-state index >= 15 is 0 Å². The summed E-state index contributed by atoms with van der Waals surface area (Å²) in [6, 6.07) is 7.67. The predicted octanol–water partition coefficient (Wildman–Crippen LogP) is 3.90. The summed E-state index contributed by atoms with van der Waals surface area (Å²) < 4.78 is 54.4. The van der Waals surface area contributed by atoms with E-state index in [9.17, 15) is 32.3 Å². The average molecular weight is 480 g/mol. The number of hydrogen-bond acceptors (Lipinski definition) is 4. The molecular weight excluding hydrogens is 464 g/mol. The standard InChI is InChI=1S/C21H16F4N4O3S/c1-27-17(30)14-5-4-13(9-16(14)22)29(20(6-7-20)18(31)32)19(33)28-12-3-2-11(10-26)15(8-12)21(23,24)25/h2-5,8-9H,6-7H2,1H3,(H,27,30)(H,28,33)(H,31,32). The maximum atomic E-state index is 14.6. The molecule has 2 aromatic carbocycles. The van der Waals surface area contributed by atoms with Crippen molar-refractivity contribution in [2.45, 2.75) is 24.6 Å². The fourth-order valence-electron chi connectivity index (χ4n) is 3.31. The van der Waals surface area contributed by atoms with Gasteiger partial charge in [0.2, 0.25) is 0 Å². The number of aliphatic carboxylic acids is 1. The van der Waals surface area contributed by atoms with Crippen LogP contribution in [0.5, 0.6) is 0 Å². The van der Waals surface area contributed by atoms with Gasteiger partial charge in [-0.2, -0.15) is 18.4 Å². The molecule has 1 amide bonds. The highest BCUT2D eigenvalue weighted by Gasteiger charge is 2.57. The zero-order valence-electron chi connectivity index (χ0n) is 17.0. The zero-order chi connectivity index (χ0) is 24.6. The lowest BCUT2D eigenvalue weighted by Gasteiger charge is -2.32. The first-order valence-electron chi connectivity index (χ1n) is 9.42. The Labute approximate surface area is 190 Å². The lowest BCUT2D eigenvalue weighted by atomic mass is 10.1. The number of nitrogens with zero attached hydrogens (tertiary/aromatic N) is 2. The Balaban J connectivity index is 2.01. The van der Waals surface area contributed by atoms with Gasteiger partial charge >= 0.3 is 12.1 Å². The fraction of sp³-hybridized carbons (Fsp3) is 0.238. The largest absolute Gasteiger partial charge is 0.479 e. The van der Waals surface area contributed by atoms with Crippen molar-refractivity contribution < 1.29 is 32.3 Å². The molecule has 0 heterocycles. The van der Waals surface area contributed by atoms with Crippen molar-refractivity contribution in [2.24, 2.45) is 0 Å². The number of hydrogen-bond donors (Lipinski definition) is 3. The van der Waals surface area contributed by atoms with Crippen LogP contribution in [0.4, 0.5) is 28.9 Å². The maximum absolute atomic E-state index is 14.6. The highest BCUT2D eigenvalue weighted by atomic mass is 32.1. The first kappa shape index (κ1) is 23.9. The molecule has 12 heteroatoms. The quantitative estimate of drug-likeness (QED) is 0.440. The molecule has 1 aliphatic carbocycles. The number of benzene rings is 2. The van der Waals surface area contributed by atoms with Gasteiger partial charge in [-0.15, -0.1) is 0 Å². The molecule has 7 nitrogen and oxygen atoms in total. The number of rotatable bonds is 5. The molecule has 3 N–H and O–H groups in total. The minimum Gasteiger partial charge on any atom is -0.479 e.